The van der Waals surface area contributed by atoms with Crippen molar-refractivity contribution in [1.82, 2.24) is 0 Å². The minimum absolute atomic E-state index is 0.150. The van der Waals surface area contributed by atoms with Crippen LogP contribution < -0.4 is 0 Å². The van der Waals surface area contributed by atoms with Crippen LogP contribution >= 0.6 is 0 Å². The highest BCUT2D eigenvalue weighted by Gasteiger charge is 2.30. The van der Waals surface area contributed by atoms with Crippen molar-refractivity contribution in [3.8, 4) is 0 Å². The first-order valence-electron chi connectivity index (χ1n) is 5.64. The number of ether oxygens (including phenoxy) is 2. The van der Waals surface area contributed by atoms with Gasteiger partial charge in [-0.25, -0.2) is 9.00 Å². The molecule has 0 bridgehead atoms. The van der Waals surface area contributed by atoms with Crippen LogP contribution in [0, 0.1) is 6.92 Å². The van der Waals surface area contributed by atoms with Crippen LogP contribution in [0.1, 0.15) is 12.5 Å². The van der Waals surface area contributed by atoms with Gasteiger partial charge in [-0.3, -0.25) is 0 Å². The molecule has 2 rings (SSSR count). The minimum Gasteiger partial charge on any atom is -0.428 e. The van der Waals surface area contributed by atoms with Crippen LogP contribution in [0.3, 0.4) is 0 Å². The van der Waals surface area contributed by atoms with Gasteiger partial charge in [-0.05, 0) is 26.0 Å². The SMILES string of the molecule is CCO[C@@H]1C=C([S@@](=O)c2ccc(C)cc2)C(=O)O1. The van der Waals surface area contributed by atoms with Gasteiger partial charge in [0.1, 0.15) is 4.91 Å². The molecular weight excluding hydrogens is 252 g/mol. The molecule has 1 aliphatic rings. The Bertz CT molecular complexity index is 504. The monoisotopic (exact) mass is 266 g/mol. The Labute approximate surface area is 108 Å². The lowest BCUT2D eigenvalue weighted by molar-refractivity contribution is -0.157. The van der Waals surface area contributed by atoms with Crippen LogP contribution in [0.2, 0.25) is 0 Å². The van der Waals surface area contributed by atoms with E-state index in [1.54, 1.807) is 19.1 Å². The summed E-state index contributed by atoms with van der Waals surface area (Å²) < 4.78 is 22.3. The van der Waals surface area contributed by atoms with Crippen molar-refractivity contribution in [1.29, 1.82) is 0 Å². The molecule has 18 heavy (non-hydrogen) atoms. The van der Waals surface area contributed by atoms with Gasteiger partial charge >= 0.3 is 5.97 Å². The molecule has 0 amide bonds. The molecule has 5 heteroatoms. The predicted octanol–water partition coefficient (Wildman–Crippen LogP) is 1.91. The highest BCUT2D eigenvalue weighted by Crippen LogP contribution is 2.23. The lowest BCUT2D eigenvalue weighted by Crippen LogP contribution is -2.12. The van der Waals surface area contributed by atoms with Gasteiger partial charge in [0.05, 0.1) is 10.8 Å². The van der Waals surface area contributed by atoms with Gasteiger partial charge in [-0.2, -0.15) is 0 Å². The van der Waals surface area contributed by atoms with E-state index in [9.17, 15) is 9.00 Å². The summed E-state index contributed by atoms with van der Waals surface area (Å²) >= 11 is 0. The van der Waals surface area contributed by atoms with Gasteiger partial charge in [0.15, 0.2) is 0 Å². The Hall–Kier alpha value is -1.46. The number of esters is 1. The van der Waals surface area contributed by atoms with E-state index in [2.05, 4.69) is 0 Å². The van der Waals surface area contributed by atoms with Crippen molar-refractivity contribution in [3.05, 3.63) is 40.8 Å². The summed E-state index contributed by atoms with van der Waals surface area (Å²) in [7, 11) is -1.51. The topological polar surface area (TPSA) is 52.6 Å². The van der Waals surface area contributed by atoms with E-state index in [1.165, 1.54) is 6.08 Å². The maximum Gasteiger partial charge on any atom is 0.350 e. The molecule has 1 aliphatic heterocycles. The number of benzene rings is 1. The first-order valence-corrected chi connectivity index (χ1v) is 6.79. The van der Waals surface area contributed by atoms with Crippen LogP contribution in [0.25, 0.3) is 0 Å². The Kier molecular flexibility index (Phi) is 3.93. The molecule has 0 saturated carbocycles. The second-order valence-electron chi connectivity index (χ2n) is 3.84. The first-order chi connectivity index (χ1) is 8.61. The van der Waals surface area contributed by atoms with Crippen LogP contribution in [-0.4, -0.2) is 23.1 Å². The van der Waals surface area contributed by atoms with Crippen molar-refractivity contribution < 1.29 is 18.5 Å². The number of hydrogen-bond acceptors (Lipinski definition) is 4. The molecule has 0 fully saturated rings. The third kappa shape index (κ3) is 2.68. The highest BCUT2D eigenvalue weighted by molar-refractivity contribution is 7.90. The molecule has 0 spiro atoms. The molecule has 0 saturated heterocycles. The summed E-state index contributed by atoms with van der Waals surface area (Å²) in [6, 6.07) is 7.20. The Morgan fingerprint density at radius 1 is 1.33 bits per heavy atom. The van der Waals surface area contributed by atoms with E-state index in [0.717, 1.165) is 5.56 Å². The number of carbonyl (C=O) groups excluding carboxylic acids is 1. The zero-order valence-electron chi connectivity index (χ0n) is 10.2. The maximum atomic E-state index is 12.2. The quantitative estimate of drug-likeness (QED) is 0.781. The molecule has 0 radical (unpaired) electrons. The third-order valence-corrected chi connectivity index (χ3v) is 3.88. The molecule has 1 aromatic rings. The van der Waals surface area contributed by atoms with Gasteiger partial charge in [0.2, 0.25) is 6.29 Å². The van der Waals surface area contributed by atoms with Gasteiger partial charge in [-0.15, -0.1) is 0 Å². The van der Waals surface area contributed by atoms with Crippen molar-refractivity contribution in [2.45, 2.75) is 25.0 Å². The largest absolute Gasteiger partial charge is 0.428 e. The molecule has 4 nitrogen and oxygen atoms in total. The van der Waals surface area contributed by atoms with Gasteiger partial charge < -0.3 is 9.47 Å². The Balaban J connectivity index is 2.21. The second kappa shape index (κ2) is 5.46. The van der Waals surface area contributed by atoms with Gasteiger partial charge in [-0.1, -0.05) is 17.7 Å². The van der Waals surface area contributed by atoms with E-state index in [1.807, 2.05) is 19.1 Å². The number of aryl methyl sites for hydroxylation is 1. The van der Waals surface area contributed by atoms with E-state index >= 15 is 0 Å². The van der Waals surface area contributed by atoms with E-state index in [-0.39, 0.29) is 4.91 Å². The molecule has 0 aromatic heterocycles. The summed E-state index contributed by atoms with van der Waals surface area (Å²) in [6.07, 6.45) is 0.758. The van der Waals surface area contributed by atoms with Crippen LogP contribution in [0.15, 0.2) is 40.1 Å². The first kappa shape index (κ1) is 13.0. The lowest BCUT2D eigenvalue weighted by Gasteiger charge is -2.05. The number of rotatable bonds is 4. The predicted molar refractivity (Wildman–Crippen MR) is 67.2 cm³/mol. The van der Waals surface area contributed by atoms with E-state index in [0.29, 0.717) is 11.5 Å². The zero-order chi connectivity index (χ0) is 13.1. The molecule has 1 aromatic carbocycles. The zero-order valence-corrected chi connectivity index (χ0v) is 11.0. The van der Waals surface area contributed by atoms with Crippen LogP contribution in [0.5, 0.6) is 0 Å². The third-order valence-electron chi connectivity index (χ3n) is 2.48. The highest BCUT2D eigenvalue weighted by atomic mass is 32.2. The van der Waals surface area contributed by atoms with Crippen LogP contribution in [-0.2, 0) is 25.1 Å². The Morgan fingerprint density at radius 2 is 2.00 bits per heavy atom. The summed E-state index contributed by atoms with van der Waals surface area (Å²) in [5.74, 6) is -0.577. The molecular formula is C13H14O4S. The fourth-order valence-corrected chi connectivity index (χ4v) is 2.63. The molecule has 0 N–H and O–H groups in total. The van der Waals surface area contributed by atoms with Crippen molar-refractivity contribution in [3.63, 3.8) is 0 Å². The average molecular weight is 266 g/mol. The molecule has 96 valence electrons. The molecule has 2 atom stereocenters. The molecule has 1 heterocycles. The number of cyclic esters (lactones) is 1. The smallest absolute Gasteiger partial charge is 0.350 e. The lowest BCUT2D eigenvalue weighted by atomic mass is 10.2. The van der Waals surface area contributed by atoms with Gasteiger partial charge in [0, 0.05) is 17.6 Å². The van der Waals surface area contributed by atoms with Crippen molar-refractivity contribution >= 4 is 16.8 Å². The Morgan fingerprint density at radius 3 is 2.61 bits per heavy atom. The summed E-state index contributed by atoms with van der Waals surface area (Å²) in [4.78, 5) is 12.3. The van der Waals surface area contributed by atoms with Crippen molar-refractivity contribution in [2.75, 3.05) is 6.61 Å². The molecule has 0 aliphatic carbocycles. The maximum absolute atomic E-state index is 12.2. The number of hydrogen-bond donors (Lipinski definition) is 0. The average Bonchev–Trinajstić information content (AvgIpc) is 2.71. The minimum atomic E-state index is -1.51. The fraction of sp³-hybridized carbons (Fsp3) is 0.308. The van der Waals surface area contributed by atoms with Crippen molar-refractivity contribution in [2.24, 2.45) is 0 Å². The van der Waals surface area contributed by atoms with E-state index in [4.69, 9.17) is 9.47 Å². The summed E-state index contributed by atoms with van der Waals surface area (Å²) in [5.41, 5.74) is 1.07. The van der Waals surface area contributed by atoms with Gasteiger partial charge in [0.25, 0.3) is 0 Å². The standard InChI is InChI=1S/C13H14O4S/c1-3-16-12-8-11(13(14)17-12)18(15)10-6-4-9(2)5-7-10/h4-8,12H,3H2,1-2H3/t12-,18-/m0/s1. The fourth-order valence-electron chi connectivity index (χ4n) is 1.56. The number of carbonyl (C=O) groups is 1. The second-order valence-corrected chi connectivity index (χ2v) is 5.29. The molecule has 0 unspecified atom stereocenters. The van der Waals surface area contributed by atoms with E-state index < -0.39 is 23.1 Å². The summed E-state index contributed by atoms with van der Waals surface area (Å²) in [6.45, 7) is 4.18. The summed E-state index contributed by atoms with van der Waals surface area (Å²) in [5, 5.41) is 0. The van der Waals surface area contributed by atoms with Crippen LogP contribution in [0.4, 0.5) is 0 Å². The normalized spacial score (nSPS) is 20.4.